The monoisotopic (exact) mass is 293 g/mol. The van der Waals surface area contributed by atoms with Crippen LogP contribution in [0.4, 0.5) is 0 Å². The Morgan fingerprint density at radius 2 is 1.90 bits per heavy atom. The maximum Gasteiger partial charge on any atom is 0.326 e. The second-order valence-electron chi connectivity index (χ2n) is 4.98. The lowest BCUT2D eigenvalue weighted by Crippen LogP contribution is -2.45. The molecule has 2 rings (SSSR count). The molecule has 1 aliphatic heterocycles. The zero-order chi connectivity index (χ0) is 14.4. The van der Waals surface area contributed by atoms with Crippen LogP contribution in [0.15, 0.2) is 30.3 Å². The fourth-order valence-electron chi connectivity index (χ4n) is 2.30. The van der Waals surface area contributed by atoms with E-state index in [4.69, 9.17) is 0 Å². The fourth-order valence-corrected chi connectivity index (χ4v) is 3.41. The van der Waals surface area contributed by atoms with E-state index in [0.717, 1.165) is 29.9 Å². The number of nitrogens with one attached hydrogen (secondary N) is 1. The van der Waals surface area contributed by atoms with E-state index in [-0.39, 0.29) is 11.8 Å². The van der Waals surface area contributed by atoms with Crippen molar-refractivity contribution in [3.05, 3.63) is 35.9 Å². The van der Waals surface area contributed by atoms with Crippen LogP contribution in [0.5, 0.6) is 0 Å². The average Bonchev–Trinajstić information content (AvgIpc) is 2.48. The first-order chi connectivity index (χ1) is 9.66. The fraction of sp³-hybridized carbons (Fsp3) is 0.467. The second kappa shape index (κ2) is 7.33. The summed E-state index contributed by atoms with van der Waals surface area (Å²) in [6.45, 7) is 0. The van der Waals surface area contributed by atoms with Gasteiger partial charge in [0.05, 0.1) is 0 Å². The van der Waals surface area contributed by atoms with Crippen LogP contribution in [0.2, 0.25) is 0 Å². The van der Waals surface area contributed by atoms with Gasteiger partial charge in [0.15, 0.2) is 0 Å². The Bertz CT molecular complexity index is 457. The molecule has 20 heavy (non-hydrogen) atoms. The summed E-state index contributed by atoms with van der Waals surface area (Å²) in [6, 6.07) is 8.53. The van der Waals surface area contributed by atoms with Crippen molar-refractivity contribution in [1.82, 2.24) is 5.32 Å². The average molecular weight is 293 g/mol. The lowest BCUT2D eigenvalue weighted by atomic mass is 10.00. The van der Waals surface area contributed by atoms with Crippen molar-refractivity contribution in [3.8, 4) is 0 Å². The molecular weight excluding hydrogens is 274 g/mol. The number of aliphatic carboxylic acids is 1. The van der Waals surface area contributed by atoms with Crippen LogP contribution >= 0.6 is 11.8 Å². The summed E-state index contributed by atoms with van der Waals surface area (Å²) in [6.07, 6.45) is 2.01. The number of rotatable bonds is 5. The Morgan fingerprint density at radius 1 is 1.25 bits per heavy atom. The van der Waals surface area contributed by atoms with Crippen LogP contribution in [-0.4, -0.2) is 34.5 Å². The largest absolute Gasteiger partial charge is 0.480 e. The zero-order valence-electron chi connectivity index (χ0n) is 11.2. The number of benzene rings is 1. The number of hydrogen-bond donors (Lipinski definition) is 2. The molecule has 0 bridgehead atoms. The molecule has 1 heterocycles. The number of carboxylic acids is 1. The molecule has 0 saturated carbocycles. The minimum atomic E-state index is -0.979. The van der Waals surface area contributed by atoms with Crippen LogP contribution in [0, 0.1) is 5.92 Å². The standard InChI is InChI=1S/C15H19NO3S/c17-14(12-6-8-20-9-7-12)16-13(15(18)19)10-11-4-2-1-3-5-11/h1-5,12-13H,6-10H2,(H,16,17)(H,18,19). The first-order valence-electron chi connectivity index (χ1n) is 6.81. The van der Waals surface area contributed by atoms with E-state index in [1.165, 1.54) is 0 Å². The van der Waals surface area contributed by atoms with E-state index in [9.17, 15) is 14.7 Å². The Kier molecular flexibility index (Phi) is 5.47. The van der Waals surface area contributed by atoms with Crippen LogP contribution in [-0.2, 0) is 16.0 Å². The maximum absolute atomic E-state index is 12.1. The molecule has 2 N–H and O–H groups in total. The van der Waals surface area contributed by atoms with Crippen LogP contribution in [0.1, 0.15) is 18.4 Å². The van der Waals surface area contributed by atoms with Gasteiger partial charge in [-0.3, -0.25) is 4.79 Å². The highest BCUT2D eigenvalue weighted by Gasteiger charge is 2.26. The number of carboxylic acid groups (broad SMARTS) is 1. The van der Waals surface area contributed by atoms with Crippen LogP contribution < -0.4 is 5.32 Å². The molecule has 0 aliphatic carbocycles. The van der Waals surface area contributed by atoms with Gasteiger partial charge in [0.2, 0.25) is 5.91 Å². The Labute approximate surface area is 123 Å². The van der Waals surface area contributed by atoms with Gasteiger partial charge in [0, 0.05) is 12.3 Å². The molecule has 1 saturated heterocycles. The summed E-state index contributed by atoms with van der Waals surface area (Å²) >= 11 is 1.85. The highest BCUT2D eigenvalue weighted by molar-refractivity contribution is 7.99. The molecule has 0 spiro atoms. The number of hydrogen-bond acceptors (Lipinski definition) is 3. The molecule has 1 aromatic rings. The predicted molar refractivity (Wildman–Crippen MR) is 79.8 cm³/mol. The van der Waals surface area contributed by atoms with Crippen molar-refractivity contribution in [2.75, 3.05) is 11.5 Å². The van der Waals surface area contributed by atoms with Gasteiger partial charge in [0.1, 0.15) is 6.04 Å². The third-order valence-electron chi connectivity index (χ3n) is 3.49. The van der Waals surface area contributed by atoms with Gasteiger partial charge in [-0.15, -0.1) is 0 Å². The molecule has 0 aromatic heterocycles. The summed E-state index contributed by atoms with van der Waals surface area (Å²) in [5, 5.41) is 11.9. The summed E-state index contributed by atoms with van der Waals surface area (Å²) in [7, 11) is 0. The number of carbonyl (C=O) groups is 2. The number of amides is 1. The summed E-state index contributed by atoms with van der Waals surface area (Å²) in [5.41, 5.74) is 0.916. The van der Waals surface area contributed by atoms with E-state index in [2.05, 4.69) is 5.32 Å². The molecule has 1 atom stereocenters. The second-order valence-corrected chi connectivity index (χ2v) is 6.20. The van der Waals surface area contributed by atoms with E-state index in [0.29, 0.717) is 6.42 Å². The maximum atomic E-state index is 12.1. The molecule has 1 aliphatic rings. The lowest BCUT2D eigenvalue weighted by Gasteiger charge is -2.23. The summed E-state index contributed by atoms with van der Waals surface area (Å²) in [4.78, 5) is 23.4. The van der Waals surface area contributed by atoms with Gasteiger partial charge >= 0.3 is 5.97 Å². The number of carbonyl (C=O) groups excluding carboxylic acids is 1. The molecule has 0 radical (unpaired) electrons. The highest BCUT2D eigenvalue weighted by atomic mass is 32.2. The van der Waals surface area contributed by atoms with Crippen LogP contribution in [0.3, 0.4) is 0 Å². The first kappa shape index (κ1) is 14.9. The molecule has 5 heteroatoms. The van der Waals surface area contributed by atoms with Gasteiger partial charge in [-0.1, -0.05) is 30.3 Å². The Morgan fingerprint density at radius 3 is 2.50 bits per heavy atom. The molecule has 1 fully saturated rings. The molecule has 1 unspecified atom stereocenters. The van der Waals surface area contributed by atoms with Gasteiger partial charge in [0.25, 0.3) is 0 Å². The predicted octanol–water partition coefficient (Wildman–Crippen LogP) is 1.94. The molecule has 4 nitrogen and oxygen atoms in total. The Balaban J connectivity index is 1.95. The van der Waals surface area contributed by atoms with E-state index >= 15 is 0 Å². The van der Waals surface area contributed by atoms with E-state index in [1.54, 1.807) is 0 Å². The minimum Gasteiger partial charge on any atom is -0.480 e. The SMILES string of the molecule is O=C(NC(Cc1ccccc1)C(=O)O)C1CCSCC1. The molecule has 1 aromatic carbocycles. The van der Waals surface area contributed by atoms with Crippen molar-refractivity contribution < 1.29 is 14.7 Å². The van der Waals surface area contributed by atoms with Gasteiger partial charge < -0.3 is 10.4 Å². The van der Waals surface area contributed by atoms with Crippen molar-refractivity contribution >= 4 is 23.6 Å². The lowest BCUT2D eigenvalue weighted by molar-refractivity contribution is -0.142. The zero-order valence-corrected chi connectivity index (χ0v) is 12.1. The van der Waals surface area contributed by atoms with Gasteiger partial charge in [-0.2, -0.15) is 11.8 Å². The topological polar surface area (TPSA) is 66.4 Å². The first-order valence-corrected chi connectivity index (χ1v) is 7.97. The third-order valence-corrected chi connectivity index (χ3v) is 4.54. The van der Waals surface area contributed by atoms with Crippen molar-refractivity contribution in [2.45, 2.75) is 25.3 Å². The van der Waals surface area contributed by atoms with Crippen LogP contribution in [0.25, 0.3) is 0 Å². The minimum absolute atomic E-state index is 0.0335. The normalized spacial score (nSPS) is 17.4. The van der Waals surface area contributed by atoms with E-state index < -0.39 is 12.0 Å². The highest BCUT2D eigenvalue weighted by Crippen LogP contribution is 2.22. The number of thioether (sulfide) groups is 1. The van der Waals surface area contributed by atoms with Gasteiger partial charge in [-0.25, -0.2) is 4.79 Å². The van der Waals surface area contributed by atoms with Crippen molar-refractivity contribution in [2.24, 2.45) is 5.92 Å². The quantitative estimate of drug-likeness (QED) is 0.870. The summed E-state index contributed by atoms with van der Waals surface area (Å²) < 4.78 is 0. The van der Waals surface area contributed by atoms with Gasteiger partial charge in [-0.05, 0) is 29.9 Å². The summed E-state index contributed by atoms with van der Waals surface area (Å²) in [5.74, 6) is 0.832. The third kappa shape index (κ3) is 4.27. The smallest absolute Gasteiger partial charge is 0.326 e. The molecule has 1 amide bonds. The Hall–Kier alpha value is -1.49. The van der Waals surface area contributed by atoms with Crippen molar-refractivity contribution in [1.29, 1.82) is 0 Å². The van der Waals surface area contributed by atoms with E-state index in [1.807, 2.05) is 42.1 Å². The molecule has 108 valence electrons. The van der Waals surface area contributed by atoms with Crippen molar-refractivity contribution in [3.63, 3.8) is 0 Å². The molecular formula is C15H19NO3S.